The van der Waals surface area contributed by atoms with E-state index in [0.717, 1.165) is 5.69 Å². The van der Waals surface area contributed by atoms with Gasteiger partial charge in [-0.05, 0) is 130 Å². The average molecular weight is 830 g/mol. The lowest BCUT2D eigenvalue weighted by Crippen LogP contribution is -2.28. The molecular weight excluding hydrogens is 771 g/mol. The Morgan fingerprint density at radius 1 is 0.359 bits per heavy atom. The minimum absolute atomic E-state index is 0.0135. The van der Waals surface area contributed by atoms with Gasteiger partial charge in [0.05, 0.1) is 11.1 Å². The summed E-state index contributed by atoms with van der Waals surface area (Å²) in [6.45, 7) is 23.9. The lowest BCUT2D eigenvalue weighted by molar-refractivity contribution is 0.545. The van der Waals surface area contributed by atoms with E-state index in [-0.39, 0.29) is 21.7 Å². The quantitative estimate of drug-likeness (QED) is 0.167. The molecule has 0 atom stereocenters. The summed E-state index contributed by atoms with van der Waals surface area (Å²) in [6.07, 6.45) is 0. The fraction of sp³-hybridized carbons (Fsp3) is 0.238. The number of nitrogens with zero attached hydrogens (tertiary/aromatic N) is 1. The van der Waals surface area contributed by atoms with Crippen molar-refractivity contribution in [3.63, 3.8) is 0 Å². The highest BCUT2D eigenvalue weighted by Gasteiger charge is 2.47. The number of anilines is 3. The van der Waals surface area contributed by atoms with Crippen LogP contribution in [0.25, 0.3) is 33.4 Å². The van der Waals surface area contributed by atoms with Crippen LogP contribution < -0.4 is 4.90 Å². The van der Waals surface area contributed by atoms with Gasteiger partial charge in [-0.25, -0.2) is 0 Å². The largest absolute Gasteiger partial charge is 0.310 e. The molecule has 1 nitrogen and oxygen atoms in total. The van der Waals surface area contributed by atoms with Gasteiger partial charge in [0.2, 0.25) is 0 Å². The third kappa shape index (κ3) is 5.62. The van der Waals surface area contributed by atoms with Gasteiger partial charge in [0.1, 0.15) is 0 Å². The van der Waals surface area contributed by atoms with E-state index in [1.54, 1.807) is 0 Å². The minimum atomic E-state index is -0.465. The summed E-state index contributed by atoms with van der Waals surface area (Å²) in [5.74, 6) is 0. The molecule has 64 heavy (non-hydrogen) atoms. The molecule has 0 heterocycles. The molecule has 0 saturated carbocycles. The van der Waals surface area contributed by atoms with Crippen molar-refractivity contribution in [3.8, 4) is 33.4 Å². The van der Waals surface area contributed by atoms with E-state index in [0.29, 0.717) is 0 Å². The van der Waals surface area contributed by atoms with Crippen molar-refractivity contribution in [2.24, 2.45) is 0 Å². The van der Waals surface area contributed by atoms with E-state index in [2.05, 4.69) is 250 Å². The Labute approximate surface area is 381 Å². The molecule has 0 bridgehead atoms. The molecule has 0 fully saturated rings. The van der Waals surface area contributed by atoms with Crippen molar-refractivity contribution in [2.45, 2.75) is 96.3 Å². The fourth-order valence-corrected chi connectivity index (χ4v) is 12.1. The van der Waals surface area contributed by atoms with Crippen LogP contribution in [0, 0.1) is 0 Å². The van der Waals surface area contributed by atoms with Gasteiger partial charge in [0.15, 0.2) is 0 Å². The first-order valence-electron chi connectivity index (χ1n) is 23.3. The highest BCUT2D eigenvalue weighted by Crippen LogP contribution is 2.60. The van der Waals surface area contributed by atoms with Crippen LogP contribution in [0.4, 0.5) is 17.1 Å². The lowest BCUT2D eigenvalue weighted by Gasteiger charge is -2.36. The molecule has 0 aromatic heterocycles. The average Bonchev–Trinajstić information content (AvgIpc) is 3.81. The number of hydrogen-bond donors (Lipinski definition) is 0. The molecule has 3 aliphatic rings. The second-order valence-electron chi connectivity index (χ2n) is 21.8. The molecule has 8 aromatic rings. The first-order chi connectivity index (χ1) is 30.5. The maximum Gasteiger partial charge on any atom is 0.0713 e. The minimum Gasteiger partial charge on any atom is -0.310 e. The summed E-state index contributed by atoms with van der Waals surface area (Å²) < 4.78 is 0. The fourth-order valence-electron chi connectivity index (χ4n) is 12.1. The predicted octanol–water partition coefficient (Wildman–Crippen LogP) is 16.7. The highest BCUT2D eigenvalue weighted by molar-refractivity contribution is 5.93. The van der Waals surface area contributed by atoms with Crippen molar-refractivity contribution in [1.82, 2.24) is 0 Å². The summed E-state index contributed by atoms with van der Waals surface area (Å²) in [7, 11) is 0. The number of hydrogen-bond acceptors (Lipinski definition) is 1. The SMILES string of the molecule is CC(C)(C)c1cc2c(c(C(C)(C)C)c1)C(C)(C)c1c-2cccc1N(c1ccc(C2(c3ccccc3)c3ccccc3-c3ccccc32)cc1)c1ccc2c(c1)C(C)(C)c1ccccc1-2. The van der Waals surface area contributed by atoms with E-state index in [4.69, 9.17) is 0 Å². The summed E-state index contributed by atoms with van der Waals surface area (Å²) >= 11 is 0. The van der Waals surface area contributed by atoms with Gasteiger partial charge in [-0.3, -0.25) is 0 Å². The maximum absolute atomic E-state index is 2.57. The molecule has 3 aliphatic carbocycles. The Hall–Kier alpha value is -6.44. The molecule has 1 heteroatoms. The number of rotatable bonds is 5. The zero-order valence-electron chi connectivity index (χ0n) is 39.2. The van der Waals surface area contributed by atoms with Gasteiger partial charge in [-0.1, -0.05) is 215 Å². The van der Waals surface area contributed by atoms with Gasteiger partial charge < -0.3 is 4.90 Å². The second-order valence-corrected chi connectivity index (χ2v) is 21.8. The molecule has 0 saturated heterocycles. The van der Waals surface area contributed by atoms with Crippen LogP contribution in [0.15, 0.2) is 176 Å². The number of fused-ring (bicyclic) bond motifs is 9. The molecule has 316 valence electrons. The summed E-state index contributed by atoms with van der Waals surface area (Å²) in [6, 6.07) is 67.1. The van der Waals surface area contributed by atoms with E-state index in [9.17, 15) is 0 Å². The van der Waals surface area contributed by atoms with Gasteiger partial charge in [-0.2, -0.15) is 0 Å². The standard InChI is InChI=1S/C63H59N/c1-59(2,3)42-37-50-49-26-20-30-56(58(49)62(9,10)57(50)55(38-42)60(4,5)6)64(44-35-36-48-45-23-14-17-27-51(45)61(7,8)54(48)39-44)43-33-31-41(32-34-43)63(40-21-12-11-13-22-40)52-28-18-15-24-46(52)47-25-16-19-29-53(47)63/h11-39H,1-10H3. The van der Waals surface area contributed by atoms with Crippen LogP contribution in [0.5, 0.6) is 0 Å². The number of benzene rings is 8. The van der Waals surface area contributed by atoms with E-state index >= 15 is 0 Å². The first-order valence-corrected chi connectivity index (χ1v) is 23.3. The highest BCUT2D eigenvalue weighted by atomic mass is 15.1. The molecule has 0 amide bonds. The van der Waals surface area contributed by atoms with Crippen LogP contribution in [-0.4, -0.2) is 0 Å². The molecule has 11 rings (SSSR count). The summed E-state index contributed by atoms with van der Waals surface area (Å²) in [5, 5.41) is 0. The molecular formula is C63H59N. The van der Waals surface area contributed by atoms with Crippen molar-refractivity contribution in [3.05, 3.63) is 232 Å². The first kappa shape index (κ1) is 40.3. The van der Waals surface area contributed by atoms with E-state index in [1.807, 2.05) is 0 Å². The van der Waals surface area contributed by atoms with Crippen LogP contribution in [0.2, 0.25) is 0 Å². The lowest BCUT2D eigenvalue weighted by atomic mass is 9.67. The Balaban J connectivity index is 1.16. The van der Waals surface area contributed by atoms with E-state index in [1.165, 1.54) is 100 Å². The van der Waals surface area contributed by atoms with Crippen molar-refractivity contribution >= 4 is 17.1 Å². The molecule has 0 spiro atoms. The van der Waals surface area contributed by atoms with E-state index < -0.39 is 5.41 Å². The van der Waals surface area contributed by atoms with Crippen molar-refractivity contribution < 1.29 is 0 Å². The van der Waals surface area contributed by atoms with Crippen LogP contribution >= 0.6 is 0 Å². The Morgan fingerprint density at radius 2 is 0.875 bits per heavy atom. The normalized spacial score (nSPS) is 15.7. The van der Waals surface area contributed by atoms with Crippen LogP contribution in [-0.2, 0) is 27.1 Å². The van der Waals surface area contributed by atoms with Crippen molar-refractivity contribution in [1.29, 1.82) is 0 Å². The zero-order chi connectivity index (χ0) is 44.6. The molecule has 0 radical (unpaired) electrons. The summed E-state index contributed by atoms with van der Waals surface area (Å²) in [5.41, 5.74) is 24.3. The topological polar surface area (TPSA) is 3.24 Å². The Morgan fingerprint density at radius 3 is 1.48 bits per heavy atom. The smallest absolute Gasteiger partial charge is 0.0713 e. The Kier molecular flexibility index (Phi) is 8.69. The molecule has 0 aliphatic heterocycles. The van der Waals surface area contributed by atoms with Gasteiger partial charge in [-0.15, -0.1) is 0 Å². The maximum atomic E-state index is 2.57. The zero-order valence-corrected chi connectivity index (χ0v) is 39.2. The third-order valence-corrected chi connectivity index (χ3v) is 15.2. The Bertz CT molecular complexity index is 3120. The van der Waals surface area contributed by atoms with Gasteiger partial charge in [0.25, 0.3) is 0 Å². The molecule has 0 N–H and O–H groups in total. The van der Waals surface area contributed by atoms with Crippen molar-refractivity contribution in [2.75, 3.05) is 4.90 Å². The molecule has 0 unspecified atom stereocenters. The van der Waals surface area contributed by atoms with Gasteiger partial charge in [0, 0.05) is 22.2 Å². The molecule has 8 aromatic carbocycles. The monoisotopic (exact) mass is 829 g/mol. The van der Waals surface area contributed by atoms with Crippen LogP contribution in [0.1, 0.15) is 125 Å². The second kappa shape index (κ2) is 13.8. The van der Waals surface area contributed by atoms with Crippen LogP contribution in [0.3, 0.4) is 0 Å². The third-order valence-electron chi connectivity index (χ3n) is 15.2. The van der Waals surface area contributed by atoms with Gasteiger partial charge >= 0.3 is 0 Å². The summed E-state index contributed by atoms with van der Waals surface area (Å²) in [4.78, 5) is 2.57. The predicted molar refractivity (Wildman–Crippen MR) is 271 cm³/mol.